The van der Waals surface area contributed by atoms with Crippen molar-refractivity contribution in [2.24, 2.45) is 0 Å². The molecule has 1 aromatic rings. The maximum atomic E-state index is 10.3. The van der Waals surface area contributed by atoms with Gasteiger partial charge in [-0.3, -0.25) is 10.1 Å². The monoisotopic (exact) mass is 239 g/mol. The van der Waals surface area contributed by atoms with Crippen molar-refractivity contribution in [1.29, 1.82) is 0 Å². The third kappa shape index (κ3) is 7.30. The van der Waals surface area contributed by atoms with Crippen LogP contribution in [0.5, 0.6) is 0 Å². The van der Waals surface area contributed by atoms with Gasteiger partial charge < -0.3 is 10.6 Å². The van der Waals surface area contributed by atoms with Crippen molar-refractivity contribution in [3.05, 3.63) is 34.4 Å². The van der Waals surface area contributed by atoms with Gasteiger partial charge in [0.05, 0.1) is 4.92 Å². The molecule has 2 N–H and O–H groups in total. The molecular weight excluding hydrogens is 218 g/mol. The highest BCUT2D eigenvalue weighted by molar-refractivity contribution is 5.48. The number of nitrogens with zero attached hydrogens (tertiary/aromatic N) is 1. The van der Waals surface area contributed by atoms with Crippen molar-refractivity contribution in [2.75, 3.05) is 25.0 Å². The minimum absolute atomic E-state index is 0.122. The van der Waals surface area contributed by atoms with E-state index in [1.165, 1.54) is 12.1 Å². The molecule has 0 spiro atoms. The van der Waals surface area contributed by atoms with Gasteiger partial charge in [0.25, 0.3) is 5.69 Å². The lowest BCUT2D eigenvalue weighted by molar-refractivity contribution is -0.384. The Hall–Kier alpha value is -1.62. The molecule has 0 aliphatic heterocycles. The molecule has 0 fully saturated rings. The van der Waals surface area contributed by atoms with Crippen molar-refractivity contribution in [1.82, 2.24) is 5.32 Å². The number of nitro benzene ring substituents is 1. The third-order valence-corrected chi connectivity index (χ3v) is 1.96. The second-order valence-corrected chi connectivity index (χ2v) is 3.29. The molecule has 0 atom stereocenters. The fourth-order valence-electron chi connectivity index (χ4n) is 1.16. The zero-order chi connectivity index (χ0) is 13.1. The smallest absolute Gasteiger partial charge is 0.269 e. The van der Waals surface area contributed by atoms with E-state index in [1.807, 2.05) is 6.92 Å². The van der Waals surface area contributed by atoms with Gasteiger partial charge >= 0.3 is 0 Å². The molecule has 17 heavy (non-hydrogen) atoms. The summed E-state index contributed by atoms with van der Waals surface area (Å²) >= 11 is 0. The van der Waals surface area contributed by atoms with Crippen LogP contribution >= 0.6 is 0 Å². The molecule has 1 rings (SSSR count). The molecule has 0 aromatic heterocycles. The van der Waals surface area contributed by atoms with Crippen LogP contribution in [0, 0.1) is 10.1 Å². The molecule has 0 saturated carbocycles. The van der Waals surface area contributed by atoms with E-state index in [0.29, 0.717) is 0 Å². The highest BCUT2D eigenvalue weighted by Crippen LogP contribution is 2.14. The first-order valence-corrected chi connectivity index (χ1v) is 5.84. The molecule has 0 bridgehead atoms. The first-order valence-electron chi connectivity index (χ1n) is 5.84. The van der Waals surface area contributed by atoms with Crippen LogP contribution in [-0.2, 0) is 0 Å². The van der Waals surface area contributed by atoms with Crippen LogP contribution in [-0.4, -0.2) is 24.6 Å². The molecule has 0 heterocycles. The summed E-state index contributed by atoms with van der Waals surface area (Å²) in [7, 11) is 0. The van der Waals surface area contributed by atoms with Gasteiger partial charge in [0.15, 0.2) is 0 Å². The minimum atomic E-state index is -0.407. The number of benzene rings is 1. The van der Waals surface area contributed by atoms with E-state index in [-0.39, 0.29) is 5.69 Å². The average molecular weight is 239 g/mol. The fourth-order valence-corrected chi connectivity index (χ4v) is 1.16. The molecule has 0 aliphatic carbocycles. The molecule has 0 saturated heterocycles. The second-order valence-electron chi connectivity index (χ2n) is 3.29. The number of hydrogen-bond acceptors (Lipinski definition) is 4. The van der Waals surface area contributed by atoms with Crippen LogP contribution in [0.25, 0.3) is 0 Å². The van der Waals surface area contributed by atoms with Crippen molar-refractivity contribution in [3.63, 3.8) is 0 Å². The number of nitrogens with one attached hydrogen (secondary N) is 2. The van der Waals surface area contributed by atoms with E-state index in [2.05, 4.69) is 24.5 Å². The van der Waals surface area contributed by atoms with Crippen LogP contribution in [0.2, 0.25) is 0 Å². The molecule has 5 heteroatoms. The first kappa shape index (κ1) is 15.4. The lowest BCUT2D eigenvalue weighted by atomic mass is 10.3. The second kappa shape index (κ2) is 9.59. The topological polar surface area (TPSA) is 67.2 Å². The molecule has 1 aromatic carbocycles. The van der Waals surface area contributed by atoms with E-state index in [4.69, 9.17) is 0 Å². The molecule has 0 aliphatic rings. The Morgan fingerprint density at radius 1 is 1.06 bits per heavy atom. The predicted octanol–water partition coefficient (Wildman–Crippen LogP) is 2.64. The molecular formula is C12H21N3O2. The van der Waals surface area contributed by atoms with Crippen LogP contribution in [0.4, 0.5) is 11.4 Å². The van der Waals surface area contributed by atoms with Crippen LogP contribution < -0.4 is 10.6 Å². The van der Waals surface area contributed by atoms with Gasteiger partial charge in [-0.2, -0.15) is 0 Å². The molecule has 5 nitrogen and oxygen atoms in total. The van der Waals surface area contributed by atoms with Gasteiger partial charge in [-0.25, -0.2) is 0 Å². The highest BCUT2D eigenvalue weighted by Gasteiger charge is 2.02. The minimum Gasteiger partial charge on any atom is -0.385 e. The summed E-state index contributed by atoms with van der Waals surface area (Å²) in [4.78, 5) is 9.85. The normalized spacial score (nSPS) is 9.12. The number of rotatable bonds is 5. The van der Waals surface area contributed by atoms with Gasteiger partial charge in [0.2, 0.25) is 0 Å². The predicted molar refractivity (Wildman–Crippen MR) is 71.5 cm³/mol. The van der Waals surface area contributed by atoms with Crippen molar-refractivity contribution in [3.8, 4) is 0 Å². The Balaban J connectivity index is 0.000000437. The van der Waals surface area contributed by atoms with E-state index in [0.717, 1.165) is 25.3 Å². The largest absolute Gasteiger partial charge is 0.385 e. The Morgan fingerprint density at radius 2 is 1.59 bits per heavy atom. The van der Waals surface area contributed by atoms with Gasteiger partial charge in [0.1, 0.15) is 0 Å². The number of anilines is 1. The van der Waals surface area contributed by atoms with Crippen molar-refractivity contribution < 1.29 is 4.92 Å². The zero-order valence-electron chi connectivity index (χ0n) is 10.7. The zero-order valence-corrected chi connectivity index (χ0v) is 10.7. The lowest BCUT2D eigenvalue weighted by Crippen LogP contribution is -2.09. The summed E-state index contributed by atoms with van der Waals surface area (Å²) < 4.78 is 0. The van der Waals surface area contributed by atoms with Gasteiger partial charge in [-0.05, 0) is 32.1 Å². The van der Waals surface area contributed by atoms with Crippen molar-refractivity contribution >= 4 is 11.4 Å². The maximum absolute atomic E-state index is 10.3. The maximum Gasteiger partial charge on any atom is 0.269 e. The molecule has 96 valence electrons. The summed E-state index contributed by atoms with van der Waals surface area (Å²) in [6.07, 6.45) is 0. The lowest BCUT2D eigenvalue weighted by Gasteiger charge is -2.00. The summed E-state index contributed by atoms with van der Waals surface area (Å²) in [5, 5.41) is 16.4. The van der Waals surface area contributed by atoms with E-state index in [9.17, 15) is 10.1 Å². The van der Waals surface area contributed by atoms with Crippen LogP contribution in [0.15, 0.2) is 24.3 Å². The highest BCUT2D eigenvalue weighted by atomic mass is 16.6. The van der Waals surface area contributed by atoms with E-state index in [1.54, 1.807) is 12.1 Å². The molecule has 0 unspecified atom stereocenters. The summed E-state index contributed by atoms with van der Waals surface area (Å²) in [5.41, 5.74) is 1.03. The SMILES string of the molecule is CCNCC.CCNc1ccc([N+](=O)[O-])cc1. The Labute approximate surface area is 102 Å². The van der Waals surface area contributed by atoms with Gasteiger partial charge in [-0.15, -0.1) is 0 Å². The standard InChI is InChI=1S/C8H10N2O2.C4H11N/c1-2-9-7-3-5-8(6-4-7)10(11)12;1-3-5-4-2/h3-6,9H,2H2,1H3;5H,3-4H2,1-2H3. The summed E-state index contributed by atoms with van der Waals surface area (Å²) in [6, 6.07) is 6.36. The van der Waals surface area contributed by atoms with Gasteiger partial charge in [-0.1, -0.05) is 13.8 Å². The number of nitro groups is 1. The Kier molecular flexibility index (Phi) is 8.68. The summed E-state index contributed by atoms with van der Waals surface area (Å²) in [6.45, 7) is 9.18. The summed E-state index contributed by atoms with van der Waals surface area (Å²) in [5.74, 6) is 0. The first-order chi connectivity index (χ1) is 8.15. The van der Waals surface area contributed by atoms with Gasteiger partial charge in [0, 0.05) is 24.4 Å². The molecule has 0 amide bonds. The average Bonchev–Trinajstić information content (AvgIpc) is 2.32. The quantitative estimate of drug-likeness (QED) is 0.612. The number of hydrogen-bond donors (Lipinski definition) is 2. The molecule has 0 radical (unpaired) electrons. The van der Waals surface area contributed by atoms with E-state index >= 15 is 0 Å². The third-order valence-electron chi connectivity index (χ3n) is 1.96. The van der Waals surface area contributed by atoms with Crippen LogP contribution in [0.3, 0.4) is 0 Å². The Bertz CT molecular complexity index is 310. The van der Waals surface area contributed by atoms with Crippen LogP contribution in [0.1, 0.15) is 20.8 Å². The Morgan fingerprint density at radius 3 is 1.88 bits per heavy atom. The van der Waals surface area contributed by atoms with Crippen molar-refractivity contribution in [2.45, 2.75) is 20.8 Å². The van der Waals surface area contributed by atoms with E-state index < -0.39 is 4.92 Å². The fraction of sp³-hybridized carbons (Fsp3) is 0.500. The number of non-ortho nitro benzene ring substituents is 1.